The number of nitrogens with two attached hydrogens (primary N) is 1. The molecule has 2 rings (SSSR count). The average molecular weight is 269 g/mol. The fourth-order valence-electron chi connectivity index (χ4n) is 2.25. The normalized spacial score (nSPS) is 21.9. The second-order valence-corrected chi connectivity index (χ2v) is 6.68. The molecule has 6 heteroatoms. The van der Waals surface area contributed by atoms with Crippen molar-refractivity contribution in [3.63, 3.8) is 0 Å². The summed E-state index contributed by atoms with van der Waals surface area (Å²) in [5.41, 5.74) is 6.41. The lowest BCUT2D eigenvalue weighted by Gasteiger charge is -2.31. The van der Waals surface area contributed by atoms with E-state index in [2.05, 4.69) is 4.98 Å². The van der Waals surface area contributed by atoms with Crippen LogP contribution in [0.5, 0.6) is 0 Å². The third kappa shape index (κ3) is 3.28. The van der Waals surface area contributed by atoms with Crippen LogP contribution in [0.1, 0.15) is 18.4 Å². The monoisotopic (exact) mass is 269 g/mol. The van der Waals surface area contributed by atoms with E-state index in [1.165, 1.54) is 0 Å². The first kappa shape index (κ1) is 13.5. The summed E-state index contributed by atoms with van der Waals surface area (Å²) < 4.78 is 26.1. The summed E-state index contributed by atoms with van der Waals surface area (Å²) in [6.07, 6.45) is 5.16. The summed E-state index contributed by atoms with van der Waals surface area (Å²) in [4.78, 5) is 3.89. The molecule has 0 amide bonds. The Kier molecular flexibility index (Phi) is 4.31. The van der Waals surface area contributed by atoms with Crippen molar-refractivity contribution in [2.75, 3.05) is 19.6 Å². The predicted octanol–water partition coefficient (Wildman–Crippen LogP) is 0.582. The molecule has 2 heterocycles. The average Bonchev–Trinajstić information content (AvgIpc) is 2.39. The summed E-state index contributed by atoms with van der Waals surface area (Å²) in [6.45, 7) is 1.73. The molecule has 0 radical (unpaired) electrons. The molecule has 1 aliphatic heterocycles. The standard InChI is InChI=1S/C12H19N3O2S/c13-8-12-2-1-7-15(9-12)18(16,17)10-11-3-5-14-6-4-11/h3-6,12H,1-2,7-10,13H2. The van der Waals surface area contributed by atoms with E-state index in [9.17, 15) is 8.42 Å². The third-order valence-corrected chi connectivity index (χ3v) is 5.12. The maximum atomic E-state index is 12.3. The Bertz CT molecular complexity index is 475. The van der Waals surface area contributed by atoms with Crippen molar-refractivity contribution in [2.45, 2.75) is 18.6 Å². The van der Waals surface area contributed by atoms with Gasteiger partial charge in [-0.05, 0) is 43.0 Å². The number of nitrogens with zero attached hydrogens (tertiary/aromatic N) is 2. The van der Waals surface area contributed by atoms with Crippen molar-refractivity contribution >= 4 is 10.0 Å². The Hall–Kier alpha value is -0.980. The van der Waals surface area contributed by atoms with E-state index in [1.807, 2.05) is 0 Å². The van der Waals surface area contributed by atoms with Crippen LogP contribution in [0.4, 0.5) is 0 Å². The van der Waals surface area contributed by atoms with Crippen molar-refractivity contribution < 1.29 is 8.42 Å². The minimum atomic E-state index is -3.23. The van der Waals surface area contributed by atoms with Gasteiger partial charge in [0.1, 0.15) is 0 Å². The van der Waals surface area contributed by atoms with Gasteiger partial charge in [-0.15, -0.1) is 0 Å². The Labute approximate surface area is 108 Å². The van der Waals surface area contributed by atoms with Gasteiger partial charge >= 0.3 is 0 Å². The molecule has 0 aromatic carbocycles. The molecule has 18 heavy (non-hydrogen) atoms. The first-order valence-corrected chi connectivity index (χ1v) is 7.79. The van der Waals surface area contributed by atoms with Gasteiger partial charge in [-0.1, -0.05) is 0 Å². The lowest BCUT2D eigenvalue weighted by Crippen LogP contribution is -2.42. The van der Waals surface area contributed by atoms with Gasteiger partial charge in [0.25, 0.3) is 0 Å². The molecular formula is C12H19N3O2S. The summed E-state index contributed by atoms with van der Waals surface area (Å²) >= 11 is 0. The summed E-state index contributed by atoms with van der Waals surface area (Å²) in [5.74, 6) is 0.346. The maximum Gasteiger partial charge on any atom is 0.218 e. The molecule has 1 atom stereocenters. The van der Waals surface area contributed by atoms with E-state index >= 15 is 0 Å². The summed E-state index contributed by atoms with van der Waals surface area (Å²) in [5, 5.41) is 0. The first-order valence-electron chi connectivity index (χ1n) is 6.18. The van der Waals surface area contributed by atoms with Crippen molar-refractivity contribution in [2.24, 2.45) is 11.7 Å². The molecule has 1 aromatic heterocycles. The van der Waals surface area contributed by atoms with E-state index in [-0.39, 0.29) is 5.75 Å². The second kappa shape index (κ2) is 5.77. The minimum Gasteiger partial charge on any atom is -0.330 e. The smallest absolute Gasteiger partial charge is 0.218 e. The summed E-state index contributed by atoms with van der Waals surface area (Å²) in [7, 11) is -3.23. The van der Waals surface area contributed by atoms with Gasteiger partial charge < -0.3 is 5.73 Å². The van der Waals surface area contributed by atoms with Gasteiger partial charge in [0.15, 0.2) is 0 Å². The SMILES string of the molecule is NCC1CCCN(S(=O)(=O)Cc2ccncc2)C1. The minimum absolute atomic E-state index is 0.0484. The largest absolute Gasteiger partial charge is 0.330 e. The van der Waals surface area contributed by atoms with Crippen molar-refractivity contribution in [3.05, 3.63) is 30.1 Å². The number of aromatic nitrogens is 1. The predicted molar refractivity (Wildman–Crippen MR) is 70.2 cm³/mol. The van der Waals surface area contributed by atoms with E-state index in [0.29, 0.717) is 25.6 Å². The number of piperidine rings is 1. The molecule has 0 aliphatic carbocycles. The molecule has 0 saturated carbocycles. The van der Waals surface area contributed by atoms with E-state index < -0.39 is 10.0 Å². The highest BCUT2D eigenvalue weighted by Gasteiger charge is 2.28. The third-order valence-electron chi connectivity index (χ3n) is 3.31. The number of hydrogen-bond acceptors (Lipinski definition) is 4. The van der Waals surface area contributed by atoms with Gasteiger partial charge in [-0.2, -0.15) is 0 Å². The summed E-state index contributed by atoms with van der Waals surface area (Å²) in [6, 6.07) is 3.48. The molecule has 1 saturated heterocycles. The van der Waals surface area contributed by atoms with Gasteiger partial charge in [-0.3, -0.25) is 4.98 Å². The van der Waals surface area contributed by atoms with Gasteiger partial charge in [0.05, 0.1) is 5.75 Å². The number of rotatable bonds is 4. The Balaban J connectivity index is 2.06. The van der Waals surface area contributed by atoms with Crippen molar-refractivity contribution in [1.82, 2.24) is 9.29 Å². The molecule has 1 unspecified atom stereocenters. The quantitative estimate of drug-likeness (QED) is 0.867. The fraction of sp³-hybridized carbons (Fsp3) is 0.583. The van der Waals surface area contributed by atoms with Crippen LogP contribution < -0.4 is 5.73 Å². The van der Waals surface area contributed by atoms with Crippen molar-refractivity contribution in [1.29, 1.82) is 0 Å². The van der Waals surface area contributed by atoms with Crippen LogP contribution >= 0.6 is 0 Å². The zero-order valence-corrected chi connectivity index (χ0v) is 11.1. The fourth-order valence-corrected chi connectivity index (χ4v) is 3.89. The van der Waals surface area contributed by atoms with Crippen LogP contribution in [0.3, 0.4) is 0 Å². The molecule has 1 aliphatic rings. The highest BCUT2D eigenvalue weighted by Crippen LogP contribution is 2.20. The molecule has 0 spiro atoms. The van der Waals surface area contributed by atoms with Crippen LogP contribution in [-0.2, 0) is 15.8 Å². The lowest BCUT2D eigenvalue weighted by molar-refractivity contribution is 0.271. The van der Waals surface area contributed by atoms with E-state index in [0.717, 1.165) is 18.4 Å². The maximum absolute atomic E-state index is 12.3. The molecule has 2 N–H and O–H groups in total. The first-order chi connectivity index (χ1) is 8.62. The molecular weight excluding hydrogens is 250 g/mol. The van der Waals surface area contributed by atoms with Crippen LogP contribution in [0.15, 0.2) is 24.5 Å². The Morgan fingerprint density at radius 2 is 2.11 bits per heavy atom. The van der Waals surface area contributed by atoms with Crippen LogP contribution in [-0.4, -0.2) is 37.3 Å². The number of sulfonamides is 1. The van der Waals surface area contributed by atoms with E-state index in [4.69, 9.17) is 5.73 Å². The highest BCUT2D eigenvalue weighted by molar-refractivity contribution is 7.88. The molecule has 5 nitrogen and oxygen atoms in total. The molecule has 100 valence electrons. The number of pyridine rings is 1. The molecule has 1 fully saturated rings. The van der Waals surface area contributed by atoms with Crippen molar-refractivity contribution in [3.8, 4) is 0 Å². The zero-order chi connectivity index (χ0) is 13.0. The second-order valence-electron chi connectivity index (χ2n) is 4.71. The highest BCUT2D eigenvalue weighted by atomic mass is 32.2. The van der Waals surface area contributed by atoms with Crippen LogP contribution in [0.25, 0.3) is 0 Å². The lowest BCUT2D eigenvalue weighted by atomic mass is 10.0. The topological polar surface area (TPSA) is 76.3 Å². The number of hydrogen-bond donors (Lipinski definition) is 1. The van der Waals surface area contributed by atoms with Gasteiger partial charge in [-0.25, -0.2) is 12.7 Å². The Morgan fingerprint density at radius 1 is 1.39 bits per heavy atom. The van der Waals surface area contributed by atoms with Crippen LogP contribution in [0.2, 0.25) is 0 Å². The van der Waals surface area contributed by atoms with E-state index in [1.54, 1.807) is 28.8 Å². The molecule has 1 aromatic rings. The Morgan fingerprint density at radius 3 is 2.78 bits per heavy atom. The zero-order valence-electron chi connectivity index (χ0n) is 10.3. The molecule has 0 bridgehead atoms. The van der Waals surface area contributed by atoms with Gasteiger partial charge in [0.2, 0.25) is 10.0 Å². The van der Waals surface area contributed by atoms with Gasteiger partial charge in [0, 0.05) is 25.5 Å². The van der Waals surface area contributed by atoms with Crippen LogP contribution in [0, 0.1) is 5.92 Å².